The zero-order chi connectivity index (χ0) is 22.8. The van der Waals surface area contributed by atoms with Crippen molar-refractivity contribution in [2.24, 2.45) is 5.92 Å². The first-order valence-electron chi connectivity index (χ1n) is 12.7. The molecular formula is C26H44N4O2. The quantitative estimate of drug-likeness (QED) is 0.428. The molecule has 0 bridgehead atoms. The molecule has 32 heavy (non-hydrogen) atoms. The van der Waals surface area contributed by atoms with Gasteiger partial charge in [0.1, 0.15) is 0 Å². The third-order valence-electron chi connectivity index (χ3n) is 7.43. The molecule has 0 radical (unpaired) electrons. The van der Waals surface area contributed by atoms with Gasteiger partial charge in [-0.1, -0.05) is 19.1 Å². The van der Waals surface area contributed by atoms with E-state index in [1.54, 1.807) is 0 Å². The molecule has 9 unspecified atom stereocenters. The zero-order valence-corrected chi connectivity index (χ0v) is 20.5. The summed E-state index contributed by atoms with van der Waals surface area (Å²) in [6.45, 7) is 16.8. The Balaban J connectivity index is 1.30. The summed E-state index contributed by atoms with van der Waals surface area (Å²) in [5.41, 5.74) is 2.46. The lowest BCUT2D eigenvalue weighted by Crippen LogP contribution is -2.40. The van der Waals surface area contributed by atoms with Gasteiger partial charge in [-0.05, 0) is 57.2 Å². The molecule has 6 nitrogen and oxygen atoms in total. The minimum atomic E-state index is -0.332. The largest absolute Gasteiger partial charge is 0.392 e. The summed E-state index contributed by atoms with van der Waals surface area (Å²) in [5.74, 6) is 0.557. The molecule has 2 N–H and O–H groups in total. The highest BCUT2D eigenvalue weighted by atomic mass is 16.3. The van der Waals surface area contributed by atoms with Crippen molar-refractivity contribution in [3.8, 4) is 0 Å². The molecule has 3 aliphatic heterocycles. The molecule has 3 aliphatic rings. The molecule has 3 saturated heterocycles. The standard InChI is InChI=1S/C26H44N4O2/c1-19(11-27-13-20(27)2)12-30(18-26(32)17-29-15-22(29)4)24-8-5-23(6-9-24)7-10-25(31)16-28-14-21(28)3/h5-6,8-9,19-22,25-26,31-32H,7,10-18H2,1-4H3. The molecule has 6 heteroatoms. The van der Waals surface area contributed by atoms with Crippen molar-refractivity contribution < 1.29 is 10.2 Å². The van der Waals surface area contributed by atoms with Crippen LogP contribution < -0.4 is 4.90 Å². The van der Waals surface area contributed by atoms with Crippen LogP contribution in [0.25, 0.3) is 0 Å². The molecule has 180 valence electrons. The highest BCUT2D eigenvalue weighted by molar-refractivity contribution is 5.48. The number of aryl methyl sites for hydroxylation is 1. The zero-order valence-electron chi connectivity index (χ0n) is 20.5. The van der Waals surface area contributed by atoms with E-state index < -0.39 is 0 Å². The van der Waals surface area contributed by atoms with Crippen molar-refractivity contribution in [1.29, 1.82) is 0 Å². The Morgan fingerprint density at radius 3 is 1.84 bits per heavy atom. The van der Waals surface area contributed by atoms with Gasteiger partial charge in [0.25, 0.3) is 0 Å². The van der Waals surface area contributed by atoms with Crippen LogP contribution in [-0.4, -0.2) is 108 Å². The lowest BCUT2D eigenvalue weighted by Gasteiger charge is -2.30. The van der Waals surface area contributed by atoms with Gasteiger partial charge in [-0.15, -0.1) is 0 Å². The van der Waals surface area contributed by atoms with E-state index in [-0.39, 0.29) is 12.2 Å². The van der Waals surface area contributed by atoms with Crippen LogP contribution in [0.15, 0.2) is 24.3 Å². The Morgan fingerprint density at radius 2 is 1.31 bits per heavy atom. The van der Waals surface area contributed by atoms with E-state index in [0.29, 0.717) is 24.5 Å². The number of rotatable bonds is 14. The monoisotopic (exact) mass is 444 g/mol. The molecule has 1 aromatic rings. The first kappa shape index (κ1) is 24.0. The molecule has 0 aromatic heterocycles. The molecule has 1 aromatic carbocycles. The molecule has 0 amide bonds. The van der Waals surface area contributed by atoms with Gasteiger partial charge in [0.15, 0.2) is 0 Å². The first-order chi connectivity index (χ1) is 15.3. The molecule has 4 rings (SSSR count). The van der Waals surface area contributed by atoms with Gasteiger partial charge < -0.3 is 15.1 Å². The van der Waals surface area contributed by atoms with Crippen LogP contribution in [0, 0.1) is 5.92 Å². The van der Waals surface area contributed by atoms with Crippen LogP contribution in [0.5, 0.6) is 0 Å². The van der Waals surface area contributed by atoms with Crippen molar-refractivity contribution in [1.82, 2.24) is 14.7 Å². The highest BCUT2D eigenvalue weighted by Gasteiger charge is 2.33. The second kappa shape index (κ2) is 10.4. The third kappa shape index (κ3) is 7.16. The Labute approximate surface area is 194 Å². The van der Waals surface area contributed by atoms with E-state index >= 15 is 0 Å². The van der Waals surface area contributed by atoms with Crippen molar-refractivity contribution in [3.63, 3.8) is 0 Å². The van der Waals surface area contributed by atoms with Gasteiger partial charge >= 0.3 is 0 Å². The number of hydrogen-bond acceptors (Lipinski definition) is 6. The molecular weight excluding hydrogens is 400 g/mol. The van der Waals surface area contributed by atoms with Gasteiger partial charge in [0.2, 0.25) is 0 Å². The maximum absolute atomic E-state index is 10.7. The Hall–Kier alpha value is -1.18. The Morgan fingerprint density at radius 1 is 0.812 bits per heavy atom. The van der Waals surface area contributed by atoms with Crippen molar-refractivity contribution in [2.75, 3.05) is 57.3 Å². The van der Waals surface area contributed by atoms with Crippen molar-refractivity contribution >= 4 is 5.69 Å². The number of hydrogen-bond donors (Lipinski definition) is 2. The summed E-state index contributed by atoms with van der Waals surface area (Å²) < 4.78 is 0. The van der Waals surface area contributed by atoms with Gasteiger partial charge in [-0.25, -0.2) is 0 Å². The predicted molar refractivity (Wildman–Crippen MR) is 131 cm³/mol. The molecule has 0 spiro atoms. The number of anilines is 1. The van der Waals surface area contributed by atoms with Gasteiger partial charge in [0, 0.05) is 76.2 Å². The minimum absolute atomic E-state index is 0.244. The van der Waals surface area contributed by atoms with Crippen molar-refractivity contribution in [3.05, 3.63) is 29.8 Å². The fourth-order valence-electron chi connectivity index (χ4n) is 4.91. The smallest absolute Gasteiger partial charge is 0.0841 e. The van der Waals surface area contributed by atoms with Crippen LogP contribution in [0.1, 0.15) is 39.7 Å². The molecule has 9 atom stereocenters. The van der Waals surface area contributed by atoms with E-state index in [1.165, 1.54) is 17.8 Å². The maximum atomic E-state index is 10.7. The fourth-order valence-corrected chi connectivity index (χ4v) is 4.91. The van der Waals surface area contributed by atoms with E-state index in [0.717, 1.165) is 58.2 Å². The van der Waals surface area contributed by atoms with Gasteiger partial charge in [-0.3, -0.25) is 14.7 Å². The lowest BCUT2D eigenvalue weighted by molar-refractivity contribution is 0.142. The van der Waals surface area contributed by atoms with E-state index in [2.05, 4.69) is 71.6 Å². The predicted octanol–water partition coefficient (Wildman–Crippen LogP) is 1.90. The average molecular weight is 445 g/mol. The van der Waals surface area contributed by atoms with E-state index in [9.17, 15) is 10.2 Å². The van der Waals surface area contributed by atoms with Gasteiger partial charge in [-0.2, -0.15) is 0 Å². The third-order valence-corrected chi connectivity index (χ3v) is 7.43. The summed E-state index contributed by atoms with van der Waals surface area (Å²) in [6, 6.07) is 10.8. The van der Waals surface area contributed by atoms with Gasteiger partial charge in [0.05, 0.1) is 12.2 Å². The van der Waals surface area contributed by atoms with Crippen LogP contribution in [0.3, 0.4) is 0 Å². The van der Waals surface area contributed by atoms with Crippen LogP contribution in [-0.2, 0) is 6.42 Å². The summed E-state index contributed by atoms with van der Waals surface area (Å²) in [7, 11) is 0. The average Bonchev–Trinajstić information content (AvgIpc) is 3.69. The topological polar surface area (TPSA) is 52.7 Å². The summed E-state index contributed by atoms with van der Waals surface area (Å²) in [4.78, 5) is 9.54. The number of β-amino-alcohol motifs (C(OH)–C–C–N with tert-alkyl or cyclic N) is 2. The number of nitrogens with zero attached hydrogens (tertiary/aromatic N) is 4. The Kier molecular flexibility index (Phi) is 7.78. The van der Waals surface area contributed by atoms with Crippen LogP contribution in [0.2, 0.25) is 0 Å². The molecule has 0 saturated carbocycles. The highest BCUT2D eigenvalue weighted by Crippen LogP contribution is 2.23. The number of aliphatic hydroxyl groups is 2. The molecule has 0 aliphatic carbocycles. The molecule has 3 fully saturated rings. The van der Waals surface area contributed by atoms with Crippen LogP contribution in [0.4, 0.5) is 5.69 Å². The summed E-state index contributed by atoms with van der Waals surface area (Å²) in [5, 5.41) is 21.0. The first-order valence-corrected chi connectivity index (χ1v) is 12.7. The second-order valence-corrected chi connectivity index (χ2v) is 10.9. The SMILES string of the molecule is CC(CN(CC(O)CN1CC1C)c1ccc(CCC(O)CN2CC2C)cc1)CN1CC1C. The van der Waals surface area contributed by atoms with E-state index in [4.69, 9.17) is 0 Å². The van der Waals surface area contributed by atoms with Crippen molar-refractivity contribution in [2.45, 2.75) is 70.9 Å². The number of benzene rings is 1. The normalized spacial score (nSPS) is 33.4. The second-order valence-electron chi connectivity index (χ2n) is 10.9. The summed E-state index contributed by atoms with van der Waals surface area (Å²) >= 11 is 0. The number of aliphatic hydroxyl groups excluding tert-OH is 2. The maximum Gasteiger partial charge on any atom is 0.0841 e. The van der Waals surface area contributed by atoms with E-state index in [1.807, 2.05) is 0 Å². The lowest BCUT2D eigenvalue weighted by atomic mass is 10.1. The van der Waals surface area contributed by atoms with Crippen LogP contribution >= 0.6 is 0 Å². The minimum Gasteiger partial charge on any atom is -0.392 e. The fraction of sp³-hybridized carbons (Fsp3) is 0.769. The summed E-state index contributed by atoms with van der Waals surface area (Å²) in [6.07, 6.45) is 1.14. The Bertz CT molecular complexity index is 703. The molecule has 3 heterocycles.